The SMILES string of the molecule is CC(C)(C)OC(=O)[C@H]1C[C@@H](O)CN1. The summed E-state index contributed by atoms with van der Waals surface area (Å²) in [5, 5.41) is 12.1. The fraction of sp³-hybridized carbons (Fsp3) is 0.889. The minimum Gasteiger partial charge on any atom is -0.459 e. The van der Waals surface area contributed by atoms with E-state index in [2.05, 4.69) is 5.32 Å². The van der Waals surface area contributed by atoms with E-state index in [4.69, 9.17) is 4.74 Å². The zero-order valence-corrected chi connectivity index (χ0v) is 8.33. The molecular weight excluding hydrogens is 170 g/mol. The molecule has 13 heavy (non-hydrogen) atoms. The van der Waals surface area contributed by atoms with Crippen LogP contribution in [0, 0.1) is 0 Å². The summed E-state index contributed by atoms with van der Waals surface area (Å²) in [7, 11) is 0. The Labute approximate surface area is 78.3 Å². The number of carbonyl (C=O) groups is 1. The van der Waals surface area contributed by atoms with Gasteiger partial charge in [-0.2, -0.15) is 0 Å². The maximum absolute atomic E-state index is 11.4. The number of carbonyl (C=O) groups excluding carboxylic acids is 1. The molecule has 0 unspecified atom stereocenters. The minimum absolute atomic E-state index is 0.274. The van der Waals surface area contributed by atoms with E-state index in [0.717, 1.165) is 0 Å². The fourth-order valence-corrected chi connectivity index (χ4v) is 1.27. The Balaban J connectivity index is 2.41. The van der Waals surface area contributed by atoms with Crippen LogP contribution < -0.4 is 5.32 Å². The molecule has 0 saturated carbocycles. The van der Waals surface area contributed by atoms with Crippen molar-refractivity contribution < 1.29 is 14.6 Å². The predicted molar refractivity (Wildman–Crippen MR) is 48.3 cm³/mol. The molecule has 0 bridgehead atoms. The topological polar surface area (TPSA) is 58.6 Å². The fourth-order valence-electron chi connectivity index (χ4n) is 1.27. The summed E-state index contributed by atoms with van der Waals surface area (Å²) in [6.45, 7) is 5.97. The molecule has 4 heteroatoms. The Morgan fingerprint density at radius 1 is 1.54 bits per heavy atom. The second-order valence-corrected chi connectivity index (χ2v) is 4.38. The Hall–Kier alpha value is -0.610. The largest absolute Gasteiger partial charge is 0.459 e. The number of esters is 1. The van der Waals surface area contributed by atoms with E-state index in [1.54, 1.807) is 0 Å². The lowest BCUT2D eigenvalue weighted by Gasteiger charge is -2.21. The van der Waals surface area contributed by atoms with Gasteiger partial charge >= 0.3 is 5.97 Å². The van der Waals surface area contributed by atoms with E-state index in [-0.39, 0.29) is 12.0 Å². The lowest BCUT2D eigenvalue weighted by Crippen LogP contribution is -2.37. The Morgan fingerprint density at radius 2 is 2.15 bits per heavy atom. The van der Waals surface area contributed by atoms with Gasteiger partial charge in [0.25, 0.3) is 0 Å². The first-order chi connectivity index (χ1) is 5.88. The predicted octanol–water partition coefficient (Wildman–Crippen LogP) is 0.0509. The third-order valence-electron chi connectivity index (χ3n) is 1.80. The zero-order chi connectivity index (χ0) is 10.1. The third-order valence-corrected chi connectivity index (χ3v) is 1.80. The van der Waals surface area contributed by atoms with Crippen LogP contribution in [0.5, 0.6) is 0 Å². The molecule has 0 radical (unpaired) electrons. The van der Waals surface area contributed by atoms with Gasteiger partial charge in [0.05, 0.1) is 6.10 Å². The molecule has 0 spiro atoms. The number of aliphatic hydroxyl groups is 1. The highest BCUT2D eigenvalue weighted by Gasteiger charge is 2.31. The molecule has 0 aliphatic carbocycles. The van der Waals surface area contributed by atoms with Crippen molar-refractivity contribution in [2.24, 2.45) is 0 Å². The number of β-amino-alcohol motifs (C(OH)–C–C–N with tert-alkyl or cyclic N) is 1. The van der Waals surface area contributed by atoms with Crippen molar-refractivity contribution in [2.45, 2.75) is 44.9 Å². The average molecular weight is 187 g/mol. The molecule has 1 heterocycles. The Bertz CT molecular complexity index is 198. The second-order valence-electron chi connectivity index (χ2n) is 4.38. The lowest BCUT2D eigenvalue weighted by atomic mass is 10.1. The van der Waals surface area contributed by atoms with Crippen molar-refractivity contribution in [3.8, 4) is 0 Å². The average Bonchev–Trinajstić information content (AvgIpc) is 2.31. The van der Waals surface area contributed by atoms with Gasteiger partial charge in [0, 0.05) is 13.0 Å². The maximum Gasteiger partial charge on any atom is 0.323 e. The first kappa shape index (κ1) is 10.5. The number of hydrogen-bond donors (Lipinski definition) is 2. The number of rotatable bonds is 1. The normalized spacial score (nSPS) is 28.9. The van der Waals surface area contributed by atoms with Crippen LogP contribution in [0.2, 0.25) is 0 Å². The first-order valence-electron chi connectivity index (χ1n) is 4.53. The molecule has 1 rings (SSSR count). The van der Waals surface area contributed by atoms with Crippen LogP contribution in [0.25, 0.3) is 0 Å². The first-order valence-corrected chi connectivity index (χ1v) is 4.53. The molecule has 76 valence electrons. The third kappa shape index (κ3) is 3.32. The summed E-state index contributed by atoms with van der Waals surface area (Å²) < 4.78 is 5.16. The molecule has 0 aromatic rings. The summed E-state index contributed by atoms with van der Waals surface area (Å²) in [5.74, 6) is -0.274. The lowest BCUT2D eigenvalue weighted by molar-refractivity contribution is -0.157. The highest BCUT2D eigenvalue weighted by Crippen LogP contribution is 2.13. The Kier molecular flexibility index (Phi) is 2.93. The van der Waals surface area contributed by atoms with E-state index in [1.807, 2.05) is 20.8 Å². The van der Waals surface area contributed by atoms with Gasteiger partial charge in [-0.05, 0) is 20.8 Å². The zero-order valence-electron chi connectivity index (χ0n) is 8.33. The smallest absolute Gasteiger partial charge is 0.323 e. The van der Waals surface area contributed by atoms with Crippen LogP contribution in [0.4, 0.5) is 0 Å². The van der Waals surface area contributed by atoms with Crippen LogP contribution in [-0.2, 0) is 9.53 Å². The van der Waals surface area contributed by atoms with Gasteiger partial charge in [0.15, 0.2) is 0 Å². The molecule has 1 saturated heterocycles. The van der Waals surface area contributed by atoms with Crippen molar-refractivity contribution in [3.05, 3.63) is 0 Å². The van der Waals surface area contributed by atoms with Gasteiger partial charge in [-0.3, -0.25) is 4.79 Å². The van der Waals surface area contributed by atoms with Gasteiger partial charge in [0.2, 0.25) is 0 Å². The molecule has 0 aromatic carbocycles. The van der Waals surface area contributed by atoms with Crippen LogP contribution in [-0.4, -0.2) is 35.4 Å². The molecule has 0 amide bonds. The molecule has 1 aliphatic rings. The van der Waals surface area contributed by atoms with E-state index < -0.39 is 11.7 Å². The second kappa shape index (κ2) is 3.64. The van der Waals surface area contributed by atoms with Crippen molar-refractivity contribution in [1.82, 2.24) is 5.32 Å². The molecule has 1 aliphatic heterocycles. The van der Waals surface area contributed by atoms with E-state index in [1.165, 1.54) is 0 Å². The monoisotopic (exact) mass is 187 g/mol. The van der Waals surface area contributed by atoms with Gasteiger partial charge in [0.1, 0.15) is 11.6 Å². The molecule has 2 N–H and O–H groups in total. The standard InChI is InChI=1S/C9H17NO3/c1-9(2,3)13-8(12)7-4-6(11)5-10-7/h6-7,10-11H,4-5H2,1-3H3/t6-,7-/m1/s1. The summed E-state index contributed by atoms with van der Waals surface area (Å²) >= 11 is 0. The number of ether oxygens (including phenoxy) is 1. The van der Waals surface area contributed by atoms with Crippen molar-refractivity contribution in [2.75, 3.05) is 6.54 Å². The van der Waals surface area contributed by atoms with E-state index in [0.29, 0.717) is 13.0 Å². The summed E-state index contributed by atoms with van der Waals surface area (Å²) in [6.07, 6.45) is 0.0343. The van der Waals surface area contributed by atoms with Gasteiger partial charge in [-0.25, -0.2) is 0 Å². The summed E-state index contributed by atoms with van der Waals surface area (Å²) in [4.78, 5) is 11.4. The van der Waals surface area contributed by atoms with Gasteiger partial charge < -0.3 is 15.2 Å². The highest BCUT2D eigenvalue weighted by molar-refractivity contribution is 5.76. The molecule has 1 fully saturated rings. The number of nitrogens with one attached hydrogen (secondary N) is 1. The highest BCUT2D eigenvalue weighted by atomic mass is 16.6. The van der Waals surface area contributed by atoms with Crippen molar-refractivity contribution in [3.63, 3.8) is 0 Å². The van der Waals surface area contributed by atoms with Crippen molar-refractivity contribution in [1.29, 1.82) is 0 Å². The van der Waals surface area contributed by atoms with Gasteiger partial charge in [-0.1, -0.05) is 0 Å². The van der Waals surface area contributed by atoms with Crippen molar-refractivity contribution >= 4 is 5.97 Å². The van der Waals surface area contributed by atoms with Crippen LogP contribution >= 0.6 is 0 Å². The summed E-state index contributed by atoms with van der Waals surface area (Å²) in [6, 6.07) is -0.339. The van der Waals surface area contributed by atoms with Crippen LogP contribution in [0.3, 0.4) is 0 Å². The molecule has 0 aromatic heterocycles. The van der Waals surface area contributed by atoms with Crippen LogP contribution in [0.1, 0.15) is 27.2 Å². The van der Waals surface area contributed by atoms with Gasteiger partial charge in [-0.15, -0.1) is 0 Å². The number of aliphatic hydroxyl groups excluding tert-OH is 1. The molecule has 4 nitrogen and oxygen atoms in total. The van der Waals surface area contributed by atoms with E-state index >= 15 is 0 Å². The van der Waals surface area contributed by atoms with Crippen LogP contribution in [0.15, 0.2) is 0 Å². The Morgan fingerprint density at radius 3 is 2.54 bits per heavy atom. The molecule has 2 atom stereocenters. The maximum atomic E-state index is 11.4. The quantitative estimate of drug-likeness (QED) is 0.569. The molecular formula is C9H17NO3. The number of hydrogen-bond acceptors (Lipinski definition) is 4. The van der Waals surface area contributed by atoms with E-state index in [9.17, 15) is 9.90 Å². The minimum atomic E-state index is -0.452. The summed E-state index contributed by atoms with van der Waals surface area (Å²) in [5.41, 5.74) is -0.452.